The first kappa shape index (κ1) is 23.9. The van der Waals surface area contributed by atoms with Crippen molar-refractivity contribution in [2.75, 3.05) is 19.4 Å². The topological polar surface area (TPSA) is 122 Å². The number of hydrogen-bond acceptors (Lipinski definition) is 8. The van der Waals surface area contributed by atoms with Crippen molar-refractivity contribution in [3.8, 4) is 5.75 Å². The van der Waals surface area contributed by atoms with Crippen molar-refractivity contribution in [2.24, 2.45) is 11.7 Å². The zero-order valence-electron chi connectivity index (χ0n) is 16.9. The molecule has 0 aliphatic heterocycles. The fourth-order valence-corrected chi connectivity index (χ4v) is 3.10. The molecule has 158 valence electrons. The molecule has 0 spiro atoms. The number of benzene rings is 1. The molecule has 0 fully saturated rings. The predicted octanol–water partition coefficient (Wildman–Crippen LogP) is 1.98. The minimum Gasteiger partial charge on any atom is -0.466 e. The number of nitrogens with two attached hydrogens (primary N) is 1. The summed E-state index contributed by atoms with van der Waals surface area (Å²) in [6, 6.07) is 5.99. The largest absolute Gasteiger partial charge is 0.466 e. The molecule has 0 aromatic heterocycles. The van der Waals surface area contributed by atoms with E-state index in [-0.39, 0.29) is 25.3 Å². The summed E-state index contributed by atoms with van der Waals surface area (Å²) in [5.74, 6) is -2.23. The van der Waals surface area contributed by atoms with Crippen molar-refractivity contribution in [1.82, 2.24) is 0 Å². The first-order valence-electron chi connectivity index (χ1n) is 8.94. The maximum atomic E-state index is 12.9. The zero-order chi connectivity index (χ0) is 21.5. The van der Waals surface area contributed by atoms with Gasteiger partial charge in [-0.15, -0.1) is 0 Å². The summed E-state index contributed by atoms with van der Waals surface area (Å²) in [6.07, 6.45) is 0.893. The first-order chi connectivity index (χ1) is 12.9. The van der Waals surface area contributed by atoms with Crippen molar-refractivity contribution in [3.05, 3.63) is 29.8 Å². The highest BCUT2D eigenvalue weighted by atomic mass is 32.2. The van der Waals surface area contributed by atoms with E-state index in [0.29, 0.717) is 5.56 Å². The molecule has 28 heavy (non-hydrogen) atoms. The van der Waals surface area contributed by atoms with Gasteiger partial charge in [0.15, 0.2) is 0 Å². The van der Waals surface area contributed by atoms with Crippen LogP contribution in [0.1, 0.15) is 45.6 Å². The van der Waals surface area contributed by atoms with Crippen LogP contribution in [0.4, 0.5) is 0 Å². The van der Waals surface area contributed by atoms with Gasteiger partial charge >= 0.3 is 22.1 Å². The monoisotopic (exact) mass is 415 g/mol. The highest BCUT2D eigenvalue weighted by Gasteiger charge is 2.34. The number of rotatable bonds is 9. The molecule has 0 bridgehead atoms. The van der Waals surface area contributed by atoms with Crippen molar-refractivity contribution in [1.29, 1.82) is 0 Å². The zero-order valence-corrected chi connectivity index (χ0v) is 17.7. The molecule has 9 heteroatoms. The van der Waals surface area contributed by atoms with Crippen LogP contribution in [0.3, 0.4) is 0 Å². The Morgan fingerprint density at radius 1 is 1.14 bits per heavy atom. The van der Waals surface area contributed by atoms with Crippen LogP contribution in [0, 0.1) is 5.92 Å². The maximum absolute atomic E-state index is 12.9. The minimum atomic E-state index is -3.67. The van der Waals surface area contributed by atoms with E-state index in [0.717, 1.165) is 6.26 Å². The molecule has 1 aromatic carbocycles. The summed E-state index contributed by atoms with van der Waals surface area (Å²) in [4.78, 5) is 24.8. The number of carbonyl (C=O) groups is 2. The van der Waals surface area contributed by atoms with Crippen LogP contribution in [0.5, 0.6) is 5.75 Å². The lowest BCUT2D eigenvalue weighted by molar-refractivity contribution is -0.158. The van der Waals surface area contributed by atoms with E-state index in [9.17, 15) is 18.0 Å². The van der Waals surface area contributed by atoms with Crippen LogP contribution < -0.4 is 9.92 Å². The molecule has 0 saturated carbocycles. The third-order valence-electron chi connectivity index (χ3n) is 3.66. The van der Waals surface area contributed by atoms with Crippen LogP contribution >= 0.6 is 0 Å². The van der Waals surface area contributed by atoms with Crippen LogP contribution in [-0.4, -0.2) is 45.4 Å². The molecule has 2 atom stereocenters. The molecule has 2 N–H and O–H groups in total. The van der Waals surface area contributed by atoms with E-state index in [2.05, 4.69) is 0 Å². The average Bonchev–Trinajstić information content (AvgIpc) is 2.53. The molecule has 0 aliphatic rings. The highest BCUT2D eigenvalue weighted by Crippen LogP contribution is 2.31. The molecule has 1 rings (SSSR count). The second-order valence-corrected chi connectivity index (χ2v) is 8.95. The third-order valence-corrected chi connectivity index (χ3v) is 4.15. The van der Waals surface area contributed by atoms with Gasteiger partial charge in [0.2, 0.25) is 0 Å². The second-order valence-electron chi connectivity index (χ2n) is 7.37. The molecule has 0 amide bonds. The molecular formula is C19H29NO7S. The molecule has 0 aliphatic carbocycles. The van der Waals surface area contributed by atoms with Crippen molar-refractivity contribution >= 4 is 22.1 Å². The Bertz CT molecular complexity index is 766. The summed E-state index contributed by atoms with van der Waals surface area (Å²) in [5.41, 5.74) is 5.66. The smallest absolute Gasteiger partial charge is 0.314 e. The molecule has 8 nitrogen and oxygen atoms in total. The standard InChI is InChI=1S/C19H29NO7S/c1-6-25-16(21)11-14(12-20)17(18(22)26-19(2,3)4)13-7-9-15(10-8-13)27-28(5,23)24/h7-10,14,17H,6,11-12,20H2,1-5H3. The van der Waals surface area contributed by atoms with Gasteiger partial charge in [-0.1, -0.05) is 12.1 Å². The lowest BCUT2D eigenvalue weighted by atomic mass is 9.83. The van der Waals surface area contributed by atoms with Crippen molar-refractivity contribution < 1.29 is 31.7 Å². The summed E-state index contributed by atoms with van der Waals surface area (Å²) in [7, 11) is -3.67. The van der Waals surface area contributed by atoms with Gasteiger partial charge in [-0.25, -0.2) is 0 Å². The normalized spacial score (nSPS) is 14.1. The fraction of sp³-hybridized carbons (Fsp3) is 0.579. The number of esters is 2. The summed E-state index contributed by atoms with van der Waals surface area (Å²) < 4.78 is 37.8. The van der Waals surface area contributed by atoms with E-state index in [4.69, 9.17) is 19.4 Å². The second kappa shape index (κ2) is 9.88. The molecule has 0 heterocycles. The highest BCUT2D eigenvalue weighted by molar-refractivity contribution is 7.86. The lowest BCUT2D eigenvalue weighted by Crippen LogP contribution is -2.35. The molecule has 1 aromatic rings. The number of hydrogen-bond donors (Lipinski definition) is 1. The quantitative estimate of drug-likeness (QED) is 0.480. The number of ether oxygens (including phenoxy) is 2. The predicted molar refractivity (Wildman–Crippen MR) is 104 cm³/mol. The van der Waals surface area contributed by atoms with E-state index in [1.807, 2.05) is 0 Å². The third kappa shape index (κ3) is 8.26. The van der Waals surface area contributed by atoms with Gasteiger partial charge in [-0.2, -0.15) is 8.42 Å². The van der Waals surface area contributed by atoms with E-state index in [1.54, 1.807) is 39.8 Å². The Morgan fingerprint density at radius 2 is 1.71 bits per heavy atom. The van der Waals surface area contributed by atoms with Crippen LogP contribution in [0.25, 0.3) is 0 Å². The molecular weight excluding hydrogens is 386 g/mol. The fourth-order valence-electron chi connectivity index (χ4n) is 2.64. The van der Waals surface area contributed by atoms with Crippen LogP contribution in [0.15, 0.2) is 24.3 Å². The van der Waals surface area contributed by atoms with E-state index < -0.39 is 39.5 Å². The van der Waals surface area contributed by atoms with E-state index >= 15 is 0 Å². The molecule has 2 unspecified atom stereocenters. The van der Waals surface area contributed by atoms with Gasteiger partial charge in [0.05, 0.1) is 25.2 Å². The Labute approximate surface area is 166 Å². The van der Waals surface area contributed by atoms with Crippen LogP contribution in [0.2, 0.25) is 0 Å². The SMILES string of the molecule is CCOC(=O)CC(CN)C(C(=O)OC(C)(C)C)c1ccc(OS(C)(=O)=O)cc1. The maximum Gasteiger partial charge on any atom is 0.314 e. The van der Waals surface area contributed by atoms with Gasteiger partial charge in [0.25, 0.3) is 0 Å². The Morgan fingerprint density at radius 3 is 2.14 bits per heavy atom. The van der Waals surface area contributed by atoms with Crippen LogP contribution in [-0.2, 0) is 29.2 Å². The summed E-state index contributed by atoms with van der Waals surface area (Å²) in [5, 5.41) is 0. The van der Waals surface area contributed by atoms with Gasteiger partial charge in [-0.05, 0) is 57.9 Å². The van der Waals surface area contributed by atoms with Gasteiger partial charge in [0.1, 0.15) is 11.4 Å². The van der Waals surface area contributed by atoms with Crippen molar-refractivity contribution in [2.45, 2.75) is 45.6 Å². The lowest BCUT2D eigenvalue weighted by Gasteiger charge is -2.28. The molecule has 0 saturated heterocycles. The first-order valence-corrected chi connectivity index (χ1v) is 10.8. The van der Waals surface area contributed by atoms with Gasteiger partial charge < -0.3 is 19.4 Å². The minimum absolute atomic E-state index is 0.0458. The Hall–Kier alpha value is -2.13. The van der Waals surface area contributed by atoms with Gasteiger partial charge in [-0.3, -0.25) is 9.59 Å². The average molecular weight is 416 g/mol. The van der Waals surface area contributed by atoms with Gasteiger partial charge in [0, 0.05) is 0 Å². The molecule has 0 radical (unpaired) electrons. The summed E-state index contributed by atoms with van der Waals surface area (Å²) in [6.45, 7) is 7.21. The van der Waals surface area contributed by atoms with Crippen molar-refractivity contribution in [3.63, 3.8) is 0 Å². The van der Waals surface area contributed by atoms with E-state index in [1.165, 1.54) is 12.1 Å². The Kier molecular flexibility index (Phi) is 8.44. The Balaban J connectivity index is 3.21. The number of carbonyl (C=O) groups excluding carboxylic acids is 2. The summed E-state index contributed by atoms with van der Waals surface area (Å²) >= 11 is 0.